The average Bonchev–Trinajstić information content (AvgIpc) is 2.86. The normalized spacial score (nSPS) is 27.1. The van der Waals surface area contributed by atoms with Gasteiger partial charge >= 0.3 is 5.97 Å². The van der Waals surface area contributed by atoms with Gasteiger partial charge in [0.25, 0.3) is 0 Å². The Balaban J connectivity index is 1.98. The number of carboxylic acid groups (broad SMARTS) is 1. The lowest BCUT2D eigenvalue weighted by Gasteiger charge is -2.38. The van der Waals surface area contributed by atoms with Gasteiger partial charge in [0.05, 0.1) is 12.0 Å². The Morgan fingerprint density at radius 2 is 2.24 bits per heavy atom. The van der Waals surface area contributed by atoms with Gasteiger partial charge in [0.1, 0.15) is 5.82 Å². The van der Waals surface area contributed by atoms with E-state index in [1.807, 2.05) is 4.90 Å². The van der Waals surface area contributed by atoms with E-state index in [0.717, 1.165) is 5.56 Å². The Bertz CT molecular complexity index is 685. The molecule has 0 bridgehead atoms. The van der Waals surface area contributed by atoms with Crippen molar-refractivity contribution in [3.05, 3.63) is 35.8 Å². The zero-order chi connectivity index (χ0) is 15.1. The minimum Gasteiger partial charge on any atom is -0.481 e. The summed E-state index contributed by atoms with van der Waals surface area (Å²) in [5, 5.41) is 19.7. The summed E-state index contributed by atoms with van der Waals surface area (Å²) in [6.45, 7) is 0.238. The zero-order valence-electron chi connectivity index (χ0n) is 11.6. The molecule has 2 heterocycles. The lowest BCUT2D eigenvalue weighted by molar-refractivity contribution is -0.150. The Kier molecular flexibility index (Phi) is 3.43. The van der Waals surface area contributed by atoms with Crippen molar-refractivity contribution in [2.45, 2.75) is 18.6 Å². The summed E-state index contributed by atoms with van der Waals surface area (Å²) >= 11 is 0. The molecule has 1 aliphatic rings. The standard InChI is InChI=1S/C15H17FN2O3/c1-18-7-9(15(20)21)13(19)5-12(18)8-6-17-11-4-2-3-10(16)14(8)11/h2-4,6,9,12-13,17,19H,5,7H2,1H3,(H,20,21). The molecule has 3 unspecified atom stereocenters. The number of H-pyrrole nitrogens is 1. The summed E-state index contributed by atoms with van der Waals surface area (Å²) in [5.41, 5.74) is 1.46. The summed E-state index contributed by atoms with van der Waals surface area (Å²) in [6, 6.07) is 4.62. The van der Waals surface area contributed by atoms with Crippen LogP contribution in [0.1, 0.15) is 18.0 Å². The van der Waals surface area contributed by atoms with Gasteiger partial charge < -0.3 is 15.2 Å². The maximum atomic E-state index is 14.1. The van der Waals surface area contributed by atoms with E-state index < -0.39 is 18.0 Å². The van der Waals surface area contributed by atoms with Gasteiger partial charge in [-0.1, -0.05) is 6.07 Å². The van der Waals surface area contributed by atoms with Gasteiger partial charge in [-0.05, 0) is 31.2 Å². The number of aromatic amines is 1. The molecule has 2 aromatic rings. The van der Waals surface area contributed by atoms with E-state index in [0.29, 0.717) is 10.9 Å². The SMILES string of the molecule is CN1CC(C(=O)O)C(O)CC1c1c[nH]c2cccc(F)c12. The van der Waals surface area contributed by atoms with Crippen LogP contribution in [-0.2, 0) is 4.79 Å². The Labute approximate surface area is 121 Å². The van der Waals surface area contributed by atoms with Crippen molar-refractivity contribution < 1.29 is 19.4 Å². The number of carboxylic acids is 1. The van der Waals surface area contributed by atoms with E-state index >= 15 is 0 Å². The van der Waals surface area contributed by atoms with E-state index in [1.54, 1.807) is 25.4 Å². The van der Waals surface area contributed by atoms with Gasteiger partial charge in [0.2, 0.25) is 0 Å². The minimum atomic E-state index is -1.00. The summed E-state index contributed by atoms with van der Waals surface area (Å²) in [4.78, 5) is 16.0. The number of aliphatic carboxylic acids is 1. The van der Waals surface area contributed by atoms with Gasteiger partial charge in [-0.2, -0.15) is 0 Å². The molecular weight excluding hydrogens is 275 g/mol. The molecule has 6 heteroatoms. The van der Waals surface area contributed by atoms with Crippen molar-refractivity contribution in [1.29, 1.82) is 0 Å². The number of carbonyl (C=O) groups is 1. The molecule has 1 aromatic heterocycles. The molecule has 1 aromatic carbocycles. The average molecular weight is 292 g/mol. The van der Waals surface area contributed by atoms with E-state index in [1.165, 1.54) is 6.07 Å². The van der Waals surface area contributed by atoms with Crippen molar-refractivity contribution in [3.63, 3.8) is 0 Å². The van der Waals surface area contributed by atoms with Crippen LogP contribution in [0.15, 0.2) is 24.4 Å². The second-order valence-electron chi connectivity index (χ2n) is 5.61. The molecular formula is C15H17FN2O3. The number of rotatable bonds is 2. The number of likely N-dealkylation sites (tertiary alicyclic amines) is 1. The first-order valence-corrected chi connectivity index (χ1v) is 6.85. The lowest BCUT2D eigenvalue weighted by atomic mass is 9.87. The van der Waals surface area contributed by atoms with Crippen molar-refractivity contribution in [3.8, 4) is 0 Å². The minimum absolute atomic E-state index is 0.207. The molecule has 0 spiro atoms. The van der Waals surface area contributed by atoms with Crippen LogP contribution in [0, 0.1) is 11.7 Å². The largest absolute Gasteiger partial charge is 0.481 e. The molecule has 0 saturated carbocycles. The number of hydrogen-bond donors (Lipinski definition) is 3. The Hall–Kier alpha value is -1.92. The van der Waals surface area contributed by atoms with E-state index in [9.17, 15) is 14.3 Å². The highest BCUT2D eigenvalue weighted by Crippen LogP contribution is 2.36. The number of benzene rings is 1. The Morgan fingerprint density at radius 3 is 2.95 bits per heavy atom. The predicted octanol–water partition coefficient (Wildman–Crippen LogP) is 1.75. The van der Waals surface area contributed by atoms with Gasteiger partial charge in [-0.15, -0.1) is 0 Å². The lowest BCUT2D eigenvalue weighted by Crippen LogP contribution is -2.46. The molecule has 0 amide bonds. The number of hydrogen-bond acceptors (Lipinski definition) is 3. The molecule has 1 fully saturated rings. The molecule has 1 saturated heterocycles. The number of nitrogens with zero attached hydrogens (tertiary/aromatic N) is 1. The van der Waals surface area contributed by atoms with Gasteiger partial charge in [-0.3, -0.25) is 9.69 Å². The zero-order valence-corrected chi connectivity index (χ0v) is 11.6. The maximum absolute atomic E-state index is 14.1. The van der Waals surface area contributed by atoms with Crippen molar-refractivity contribution in [1.82, 2.24) is 9.88 Å². The van der Waals surface area contributed by atoms with E-state index in [2.05, 4.69) is 4.98 Å². The summed E-state index contributed by atoms with van der Waals surface area (Å²) in [6.07, 6.45) is 1.08. The topological polar surface area (TPSA) is 76.6 Å². The van der Waals surface area contributed by atoms with Crippen LogP contribution in [0.2, 0.25) is 0 Å². The molecule has 112 valence electrons. The van der Waals surface area contributed by atoms with Gasteiger partial charge in [-0.25, -0.2) is 4.39 Å². The second kappa shape index (κ2) is 5.13. The number of halogens is 1. The number of aromatic nitrogens is 1. The van der Waals surface area contributed by atoms with Crippen LogP contribution in [0.4, 0.5) is 4.39 Å². The highest BCUT2D eigenvalue weighted by molar-refractivity contribution is 5.84. The summed E-state index contributed by atoms with van der Waals surface area (Å²) in [5.74, 6) is -2.12. The third-order valence-electron chi connectivity index (χ3n) is 4.31. The van der Waals surface area contributed by atoms with Gasteiger partial charge in [0, 0.05) is 29.7 Å². The van der Waals surface area contributed by atoms with E-state index in [4.69, 9.17) is 5.11 Å². The van der Waals surface area contributed by atoms with Crippen LogP contribution in [-0.4, -0.2) is 45.8 Å². The third-order valence-corrected chi connectivity index (χ3v) is 4.31. The van der Waals surface area contributed by atoms with Crippen LogP contribution < -0.4 is 0 Å². The smallest absolute Gasteiger partial charge is 0.310 e. The first-order valence-electron chi connectivity index (χ1n) is 6.85. The summed E-state index contributed by atoms with van der Waals surface area (Å²) in [7, 11) is 1.80. The molecule has 3 rings (SSSR count). The highest BCUT2D eigenvalue weighted by atomic mass is 19.1. The fourth-order valence-corrected chi connectivity index (χ4v) is 3.17. The number of fused-ring (bicyclic) bond motifs is 1. The second-order valence-corrected chi connectivity index (χ2v) is 5.61. The van der Waals surface area contributed by atoms with Crippen LogP contribution in [0.25, 0.3) is 10.9 Å². The molecule has 21 heavy (non-hydrogen) atoms. The van der Waals surface area contributed by atoms with Crippen LogP contribution in [0.3, 0.4) is 0 Å². The molecule has 1 aliphatic heterocycles. The molecule has 0 radical (unpaired) electrons. The number of aliphatic hydroxyl groups excluding tert-OH is 1. The maximum Gasteiger partial charge on any atom is 0.310 e. The number of aliphatic hydroxyl groups is 1. The molecule has 3 atom stereocenters. The van der Waals surface area contributed by atoms with Crippen LogP contribution >= 0.6 is 0 Å². The molecule has 5 nitrogen and oxygen atoms in total. The number of piperidine rings is 1. The van der Waals surface area contributed by atoms with Gasteiger partial charge in [0.15, 0.2) is 0 Å². The molecule has 3 N–H and O–H groups in total. The van der Waals surface area contributed by atoms with Crippen molar-refractivity contribution in [2.75, 3.05) is 13.6 Å². The summed E-state index contributed by atoms with van der Waals surface area (Å²) < 4.78 is 14.1. The predicted molar refractivity (Wildman–Crippen MR) is 75.4 cm³/mol. The fourth-order valence-electron chi connectivity index (χ4n) is 3.17. The van der Waals surface area contributed by atoms with Crippen molar-refractivity contribution >= 4 is 16.9 Å². The fraction of sp³-hybridized carbons (Fsp3) is 0.400. The first-order chi connectivity index (χ1) is 9.99. The van der Waals surface area contributed by atoms with E-state index in [-0.39, 0.29) is 24.8 Å². The quantitative estimate of drug-likeness (QED) is 0.788. The van der Waals surface area contributed by atoms with Crippen LogP contribution in [0.5, 0.6) is 0 Å². The Morgan fingerprint density at radius 1 is 1.48 bits per heavy atom. The monoisotopic (exact) mass is 292 g/mol. The first kappa shape index (κ1) is 14.0. The molecule has 0 aliphatic carbocycles. The van der Waals surface area contributed by atoms with Crippen molar-refractivity contribution in [2.24, 2.45) is 5.92 Å². The third kappa shape index (κ3) is 2.30. The number of nitrogens with one attached hydrogen (secondary N) is 1. The highest BCUT2D eigenvalue weighted by Gasteiger charge is 2.38.